The lowest BCUT2D eigenvalue weighted by Gasteiger charge is -2.16. The number of carboxylic acid groups (broad SMARTS) is 1. The summed E-state index contributed by atoms with van der Waals surface area (Å²) >= 11 is 3.36. The Morgan fingerprint density at radius 3 is 2.38 bits per heavy atom. The van der Waals surface area contributed by atoms with Gasteiger partial charge in [-0.15, -0.1) is 0 Å². The van der Waals surface area contributed by atoms with Crippen LogP contribution in [-0.4, -0.2) is 17.0 Å². The molecule has 1 atom stereocenters. The van der Waals surface area contributed by atoms with E-state index in [2.05, 4.69) is 21.2 Å². The number of hydrogen-bond acceptors (Lipinski definition) is 2. The molecule has 1 amide bonds. The third kappa shape index (κ3) is 3.49. The standard InChI is InChI=1S/C16H14BrNO3/c1-10-12(8-5-9-13(10)17)15(19)18-14(16(20)21)11-6-3-2-4-7-11/h2-9,14H,1H3,(H,18,19)(H,20,21). The van der Waals surface area contributed by atoms with Gasteiger partial charge in [-0.25, -0.2) is 4.79 Å². The zero-order chi connectivity index (χ0) is 15.4. The van der Waals surface area contributed by atoms with E-state index in [1.54, 1.807) is 49.4 Å². The summed E-state index contributed by atoms with van der Waals surface area (Å²) in [5, 5.41) is 11.9. The van der Waals surface area contributed by atoms with Crippen molar-refractivity contribution in [2.45, 2.75) is 13.0 Å². The van der Waals surface area contributed by atoms with Gasteiger partial charge < -0.3 is 10.4 Å². The Bertz CT molecular complexity index is 670. The zero-order valence-electron chi connectivity index (χ0n) is 11.3. The van der Waals surface area contributed by atoms with Gasteiger partial charge in [-0.3, -0.25) is 4.79 Å². The Labute approximate surface area is 130 Å². The van der Waals surface area contributed by atoms with Crippen molar-refractivity contribution in [3.63, 3.8) is 0 Å². The van der Waals surface area contributed by atoms with Crippen molar-refractivity contribution in [3.8, 4) is 0 Å². The number of benzene rings is 2. The molecule has 2 rings (SSSR count). The van der Waals surface area contributed by atoms with Crippen LogP contribution in [0.5, 0.6) is 0 Å². The third-order valence-corrected chi connectivity index (χ3v) is 4.03. The molecule has 0 aliphatic carbocycles. The smallest absolute Gasteiger partial charge is 0.330 e. The third-order valence-electron chi connectivity index (χ3n) is 3.17. The average molecular weight is 348 g/mol. The molecular formula is C16H14BrNO3. The number of carbonyl (C=O) groups excluding carboxylic acids is 1. The summed E-state index contributed by atoms with van der Waals surface area (Å²) in [6.07, 6.45) is 0. The Hall–Kier alpha value is -2.14. The molecule has 0 bridgehead atoms. The molecule has 0 aliphatic rings. The van der Waals surface area contributed by atoms with E-state index in [1.165, 1.54) is 0 Å². The van der Waals surface area contributed by atoms with Crippen LogP contribution >= 0.6 is 15.9 Å². The Morgan fingerprint density at radius 1 is 1.10 bits per heavy atom. The molecule has 2 aromatic rings. The van der Waals surface area contributed by atoms with Crippen molar-refractivity contribution in [2.75, 3.05) is 0 Å². The molecule has 2 N–H and O–H groups in total. The molecule has 1 unspecified atom stereocenters. The molecule has 0 aromatic heterocycles. The molecule has 0 fully saturated rings. The normalized spacial score (nSPS) is 11.7. The lowest BCUT2D eigenvalue weighted by atomic mass is 10.0. The SMILES string of the molecule is Cc1c(Br)cccc1C(=O)NC(C(=O)O)c1ccccc1. The van der Waals surface area contributed by atoms with Gasteiger partial charge in [0.15, 0.2) is 6.04 Å². The van der Waals surface area contributed by atoms with Crippen LogP contribution in [0, 0.1) is 6.92 Å². The molecule has 0 radical (unpaired) electrons. The first-order valence-electron chi connectivity index (χ1n) is 6.34. The lowest BCUT2D eigenvalue weighted by molar-refractivity contribution is -0.139. The minimum absolute atomic E-state index is 0.412. The Kier molecular flexibility index (Phi) is 4.75. The number of amides is 1. The molecule has 5 heteroatoms. The van der Waals surface area contributed by atoms with Gasteiger partial charge in [0.1, 0.15) is 0 Å². The predicted molar refractivity (Wildman–Crippen MR) is 83.2 cm³/mol. The maximum atomic E-state index is 12.3. The topological polar surface area (TPSA) is 66.4 Å². The number of nitrogens with one attached hydrogen (secondary N) is 1. The van der Waals surface area contributed by atoms with Crippen molar-refractivity contribution >= 4 is 27.8 Å². The molecule has 21 heavy (non-hydrogen) atoms. The fourth-order valence-electron chi connectivity index (χ4n) is 2.00. The van der Waals surface area contributed by atoms with E-state index in [-0.39, 0.29) is 0 Å². The summed E-state index contributed by atoms with van der Waals surface area (Å²) in [5.41, 5.74) is 1.75. The summed E-state index contributed by atoms with van der Waals surface area (Å²) in [7, 11) is 0. The molecule has 2 aromatic carbocycles. The number of hydrogen-bond donors (Lipinski definition) is 2. The van der Waals surface area contributed by atoms with Crippen molar-refractivity contribution in [2.24, 2.45) is 0 Å². The molecule has 0 heterocycles. The van der Waals surface area contributed by atoms with Crippen LogP contribution < -0.4 is 5.32 Å². The van der Waals surface area contributed by atoms with E-state index >= 15 is 0 Å². The molecule has 0 saturated heterocycles. The molecule has 0 spiro atoms. The summed E-state index contributed by atoms with van der Waals surface area (Å²) in [6, 6.07) is 12.8. The van der Waals surface area contributed by atoms with Crippen LogP contribution in [0.15, 0.2) is 53.0 Å². The van der Waals surface area contributed by atoms with Gasteiger partial charge >= 0.3 is 5.97 Å². The van der Waals surface area contributed by atoms with E-state index in [0.717, 1.165) is 10.0 Å². The first-order valence-corrected chi connectivity index (χ1v) is 7.13. The molecule has 0 saturated carbocycles. The highest BCUT2D eigenvalue weighted by molar-refractivity contribution is 9.10. The van der Waals surface area contributed by atoms with E-state index in [1.807, 2.05) is 6.07 Å². The van der Waals surface area contributed by atoms with Crippen LogP contribution in [0.4, 0.5) is 0 Å². The van der Waals surface area contributed by atoms with Crippen molar-refractivity contribution in [1.82, 2.24) is 5.32 Å². The largest absolute Gasteiger partial charge is 0.479 e. The van der Waals surface area contributed by atoms with Gasteiger partial charge in [0.2, 0.25) is 0 Å². The first-order chi connectivity index (χ1) is 10.0. The van der Waals surface area contributed by atoms with Gasteiger partial charge in [0.05, 0.1) is 0 Å². The Balaban J connectivity index is 2.28. The molecular weight excluding hydrogens is 334 g/mol. The maximum absolute atomic E-state index is 12.3. The minimum Gasteiger partial charge on any atom is -0.479 e. The quantitative estimate of drug-likeness (QED) is 0.891. The van der Waals surface area contributed by atoms with Crippen LogP contribution in [0.25, 0.3) is 0 Å². The van der Waals surface area contributed by atoms with E-state index in [9.17, 15) is 14.7 Å². The van der Waals surface area contributed by atoms with Crippen molar-refractivity contribution < 1.29 is 14.7 Å². The highest BCUT2D eigenvalue weighted by atomic mass is 79.9. The highest BCUT2D eigenvalue weighted by Crippen LogP contribution is 2.20. The fourth-order valence-corrected chi connectivity index (χ4v) is 2.36. The second-order valence-corrected chi connectivity index (χ2v) is 5.42. The van der Waals surface area contributed by atoms with Crippen LogP contribution in [0.3, 0.4) is 0 Å². The molecule has 4 nitrogen and oxygen atoms in total. The number of aliphatic carboxylic acids is 1. The Morgan fingerprint density at radius 2 is 1.76 bits per heavy atom. The second kappa shape index (κ2) is 6.54. The fraction of sp³-hybridized carbons (Fsp3) is 0.125. The summed E-state index contributed by atoms with van der Waals surface area (Å²) in [6.45, 7) is 1.80. The average Bonchev–Trinajstić information content (AvgIpc) is 2.48. The van der Waals surface area contributed by atoms with Gasteiger partial charge in [-0.2, -0.15) is 0 Å². The zero-order valence-corrected chi connectivity index (χ0v) is 12.9. The summed E-state index contributed by atoms with van der Waals surface area (Å²) < 4.78 is 0.807. The summed E-state index contributed by atoms with van der Waals surface area (Å²) in [4.78, 5) is 23.7. The van der Waals surface area contributed by atoms with Gasteiger partial charge in [0, 0.05) is 10.0 Å². The number of carbonyl (C=O) groups is 2. The van der Waals surface area contributed by atoms with E-state index in [0.29, 0.717) is 11.1 Å². The number of halogens is 1. The van der Waals surface area contributed by atoms with Crippen LogP contribution in [-0.2, 0) is 4.79 Å². The van der Waals surface area contributed by atoms with Gasteiger partial charge in [-0.05, 0) is 30.2 Å². The first kappa shape index (κ1) is 15.3. The van der Waals surface area contributed by atoms with Crippen LogP contribution in [0.2, 0.25) is 0 Å². The number of carboxylic acids is 1. The van der Waals surface area contributed by atoms with Crippen molar-refractivity contribution in [1.29, 1.82) is 0 Å². The maximum Gasteiger partial charge on any atom is 0.330 e. The minimum atomic E-state index is -1.10. The van der Waals surface area contributed by atoms with Gasteiger partial charge in [-0.1, -0.05) is 52.3 Å². The van der Waals surface area contributed by atoms with E-state index in [4.69, 9.17) is 0 Å². The van der Waals surface area contributed by atoms with Crippen LogP contribution in [0.1, 0.15) is 27.5 Å². The predicted octanol–water partition coefficient (Wildman–Crippen LogP) is 3.31. The highest BCUT2D eigenvalue weighted by Gasteiger charge is 2.23. The summed E-state index contributed by atoms with van der Waals surface area (Å²) in [5.74, 6) is -1.51. The van der Waals surface area contributed by atoms with E-state index < -0.39 is 17.9 Å². The van der Waals surface area contributed by atoms with Gasteiger partial charge in [0.25, 0.3) is 5.91 Å². The number of rotatable bonds is 4. The second-order valence-electron chi connectivity index (χ2n) is 4.57. The molecule has 0 aliphatic heterocycles. The van der Waals surface area contributed by atoms with Crippen molar-refractivity contribution in [3.05, 3.63) is 69.7 Å². The monoisotopic (exact) mass is 347 g/mol. The lowest BCUT2D eigenvalue weighted by Crippen LogP contribution is -2.34. The molecule has 108 valence electrons.